The molecule has 2 aromatic carbocycles. The first-order valence-corrected chi connectivity index (χ1v) is 6.96. The molecule has 0 radical (unpaired) electrons. The van der Waals surface area contributed by atoms with Gasteiger partial charge in [-0.1, -0.05) is 48.0 Å². The number of hydrogen-bond acceptors (Lipinski definition) is 2. The quantitative estimate of drug-likeness (QED) is 0.908. The lowest BCUT2D eigenvalue weighted by molar-refractivity contribution is 0.727. The van der Waals surface area contributed by atoms with Crippen LogP contribution in [0.5, 0.6) is 0 Å². The first-order valence-electron chi connectivity index (χ1n) is 6.59. The lowest BCUT2D eigenvalue weighted by Gasteiger charge is -2.32. The fourth-order valence-corrected chi connectivity index (χ4v) is 3.08. The molecule has 0 amide bonds. The van der Waals surface area contributed by atoms with Crippen LogP contribution in [-0.4, -0.2) is 6.54 Å². The van der Waals surface area contributed by atoms with E-state index in [4.69, 9.17) is 17.3 Å². The average Bonchev–Trinajstić information content (AvgIpc) is 2.46. The molecule has 98 valence electrons. The third kappa shape index (κ3) is 2.34. The van der Waals surface area contributed by atoms with E-state index in [0.717, 1.165) is 35.8 Å². The van der Waals surface area contributed by atoms with Crippen LogP contribution in [-0.2, 0) is 19.5 Å². The Morgan fingerprint density at radius 3 is 2.63 bits per heavy atom. The zero-order valence-electron chi connectivity index (χ0n) is 10.8. The molecular formula is C16H17ClN2. The third-order valence-corrected chi connectivity index (χ3v) is 4.04. The zero-order chi connectivity index (χ0) is 13.2. The predicted molar refractivity (Wildman–Crippen MR) is 80.5 cm³/mol. The summed E-state index contributed by atoms with van der Waals surface area (Å²) in [5.74, 6) is 0. The van der Waals surface area contributed by atoms with Crippen molar-refractivity contribution in [1.29, 1.82) is 0 Å². The number of nitrogens with zero attached hydrogens (tertiary/aromatic N) is 1. The average molecular weight is 273 g/mol. The van der Waals surface area contributed by atoms with Crippen molar-refractivity contribution in [3.05, 3.63) is 64.2 Å². The van der Waals surface area contributed by atoms with Gasteiger partial charge in [0.25, 0.3) is 0 Å². The summed E-state index contributed by atoms with van der Waals surface area (Å²) in [6.07, 6.45) is 1.06. The Morgan fingerprint density at radius 1 is 1.05 bits per heavy atom. The highest BCUT2D eigenvalue weighted by Gasteiger charge is 2.19. The van der Waals surface area contributed by atoms with E-state index in [1.165, 1.54) is 11.1 Å². The van der Waals surface area contributed by atoms with Gasteiger partial charge in [0, 0.05) is 19.6 Å². The smallest absolute Gasteiger partial charge is 0.0643 e. The Morgan fingerprint density at radius 2 is 1.84 bits per heavy atom. The Kier molecular flexibility index (Phi) is 3.45. The van der Waals surface area contributed by atoms with Gasteiger partial charge in [-0.25, -0.2) is 0 Å². The summed E-state index contributed by atoms with van der Waals surface area (Å²) in [5.41, 5.74) is 10.9. The van der Waals surface area contributed by atoms with Crippen molar-refractivity contribution in [2.75, 3.05) is 11.4 Å². The van der Waals surface area contributed by atoms with Gasteiger partial charge in [-0.3, -0.25) is 0 Å². The second-order valence-corrected chi connectivity index (χ2v) is 5.30. The molecule has 3 heteroatoms. The molecule has 0 atom stereocenters. The van der Waals surface area contributed by atoms with E-state index in [0.29, 0.717) is 6.54 Å². The van der Waals surface area contributed by atoms with Crippen molar-refractivity contribution < 1.29 is 0 Å². The summed E-state index contributed by atoms with van der Waals surface area (Å²) >= 11 is 6.37. The van der Waals surface area contributed by atoms with Crippen LogP contribution in [0.3, 0.4) is 0 Å². The molecular weight excluding hydrogens is 256 g/mol. The molecule has 2 aromatic rings. The van der Waals surface area contributed by atoms with Crippen LogP contribution < -0.4 is 10.6 Å². The largest absolute Gasteiger partial charge is 0.365 e. The number of nitrogens with two attached hydrogens (primary N) is 1. The molecule has 2 nitrogen and oxygen atoms in total. The molecule has 0 fully saturated rings. The van der Waals surface area contributed by atoms with Crippen molar-refractivity contribution >= 4 is 17.3 Å². The van der Waals surface area contributed by atoms with Gasteiger partial charge in [-0.2, -0.15) is 0 Å². The SMILES string of the molecule is NCc1cccc(Cl)c1N1CCc2ccccc2C1. The second-order valence-electron chi connectivity index (χ2n) is 4.89. The number of para-hydroxylation sites is 1. The summed E-state index contributed by atoms with van der Waals surface area (Å²) in [6, 6.07) is 14.6. The topological polar surface area (TPSA) is 29.3 Å². The Hall–Kier alpha value is -1.51. The standard InChI is InChI=1S/C16H17ClN2/c17-15-7-3-6-13(10-18)16(15)19-9-8-12-4-1-2-5-14(12)11-19/h1-7H,8-11,18H2. The molecule has 1 aliphatic heterocycles. The van der Waals surface area contributed by atoms with E-state index < -0.39 is 0 Å². The molecule has 3 rings (SSSR count). The van der Waals surface area contributed by atoms with Gasteiger partial charge in [-0.05, 0) is 29.2 Å². The van der Waals surface area contributed by atoms with E-state index in [1.807, 2.05) is 12.1 Å². The van der Waals surface area contributed by atoms with E-state index in [9.17, 15) is 0 Å². The van der Waals surface area contributed by atoms with Crippen LogP contribution in [0.1, 0.15) is 16.7 Å². The first-order chi connectivity index (χ1) is 9.29. The highest BCUT2D eigenvalue weighted by Crippen LogP contribution is 2.33. The Bertz CT molecular complexity index is 595. The minimum atomic E-state index is 0.522. The number of halogens is 1. The molecule has 0 spiro atoms. The molecule has 0 saturated heterocycles. The van der Waals surface area contributed by atoms with Crippen LogP contribution in [0.2, 0.25) is 5.02 Å². The van der Waals surface area contributed by atoms with Crippen LogP contribution in [0.15, 0.2) is 42.5 Å². The van der Waals surface area contributed by atoms with Gasteiger partial charge in [0.2, 0.25) is 0 Å². The summed E-state index contributed by atoms with van der Waals surface area (Å²) < 4.78 is 0. The maximum Gasteiger partial charge on any atom is 0.0643 e. The van der Waals surface area contributed by atoms with E-state index >= 15 is 0 Å². The van der Waals surface area contributed by atoms with Crippen LogP contribution in [0.25, 0.3) is 0 Å². The fraction of sp³-hybridized carbons (Fsp3) is 0.250. The maximum absolute atomic E-state index is 6.37. The molecule has 0 bridgehead atoms. The number of anilines is 1. The van der Waals surface area contributed by atoms with Crippen molar-refractivity contribution in [3.63, 3.8) is 0 Å². The van der Waals surface area contributed by atoms with Crippen molar-refractivity contribution in [1.82, 2.24) is 0 Å². The summed E-state index contributed by atoms with van der Waals surface area (Å²) in [4.78, 5) is 2.34. The normalized spacial score (nSPS) is 14.3. The molecule has 0 aromatic heterocycles. The van der Waals surface area contributed by atoms with E-state index in [-0.39, 0.29) is 0 Å². The van der Waals surface area contributed by atoms with Gasteiger partial charge in [-0.15, -0.1) is 0 Å². The van der Waals surface area contributed by atoms with Gasteiger partial charge in [0.15, 0.2) is 0 Å². The van der Waals surface area contributed by atoms with Gasteiger partial charge in [0.05, 0.1) is 10.7 Å². The third-order valence-electron chi connectivity index (χ3n) is 3.74. The molecule has 1 aliphatic rings. The fourth-order valence-electron chi connectivity index (χ4n) is 2.77. The minimum absolute atomic E-state index is 0.522. The number of hydrogen-bond donors (Lipinski definition) is 1. The van der Waals surface area contributed by atoms with E-state index in [1.54, 1.807) is 0 Å². The van der Waals surface area contributed by atoms with Crippen LogP contribution in [0, 0.1) is 0 Å². The molecule has 0 aliphatic carbocycles. The Balaban J connectivity index is 1.97. The van der Waals surface area contributed by atoms with Crippen LogP contribution in [0.4, 0.5) is 5.69 Å². The molecule has 1 heterocycles. The van der Waals surface area contributed by atoms with Crippen molar-refractivity contribution in [2.45, 2.75) is 19.5 Å². The molecule has 19 heavy (non-hydrogen) atoms. The molecule has 2 N–H and O–H groups in total. The summed E-state index contributed by atoms with van der Waals surface area (Å²) in [5, 5.41) is 0.794. The maximum atomic E-state index is 6.37. The van der Waals surface area contributed by atoms with Gasteiger partial charge >= 0.3 is 0 Å². The summed E-state index contributed by atoms with van der Waals surface area (Å²) in [6.45, 7) is 2.43. The first kappa shape index (κ1) is 12.5. The van der Waals surface area contributed by atoms with Crippen molar-refractivity contribution in [3.8, 4) is 0 Å². The lowest BCUT2D eigenvalue weighted by atomic mass is 9.98. The van der Waals surface area contributed by atoms with E-state index in [2.05, 4.69) is 35.2 Å². The lowest BCUT2D eigenvalue weighted by Crippen LogP contribution is -2.31. The van der Waals surface area contributed by atoms with Crippen molar-refractivity contribution in [2.24, 2.45) is 5.73 Å². The number of benzene rings is 2. The highest BCUT2D eigenvalue weighted by atomic mass is 35.5. The zero-order valence-corrected chi connectivity index (χ0v) is 11.5. The number of fused-ring (bicyclic) bond motifs is 1. The van der Waals surface area contributed by atoms with Gasteiger partial charge in [0.1, 0.15) is 0 Å². The summed E-state index contributed by atoms with van der Waals surface area (Å²) in [7, 11) is 0. The Labute approximate surface area is 118 Å². The number of rotatable bonds is 2. The van der Waals surface area contributed by atoms with Gasteiger partial charge < -0.3 is 10.6 Å². The monoisotopic (exact) mass is 272 g/mol. The van der Waals surface area contributed by atoms with Crippen LogP contribution >= 0.6 is 11.6 Å². The molecule has 0 saturated carbocycles. The highest BCUT2D eigenvalue weighted by molar-refractivity contribution is 6.33. The molecule has 0 unspecified atom stereocenters. The second kappa shape index (κ2) is 5.24. The minimum Gasteiger partial charge on any atom is -0.365 e. The predicted octanol–water partition coefficient (Wildman–Crippen LogP) is 3.36.